The van der Waals surface area contributed by atoms with Crippen molar-refractivity contribution in [2.24, 2.45) is 5.92 Å². The minimum atomic E-state index is -4.27. The summed E-state index contributed by atoms with van der Waals surface area (Å²) in [6.45, 7) is 6.97. The maximum absolute atomic E-state index is 11.9. The van der Waals surface area contributed by atoms with Crippen LogP contribution >= 0.6 is 11.3 Å². The van der Waals surface area contributed by atoms with Crippen LogP contribution in [0.5, 0.6) is 0 Å². The number of benzene rings is 1. The van der Waals surface area contributed by atoms with E-state index in [1.165, 1.54) is 95.6 Å². The third kappa shape index (κ3) is 18.7. The Hall–Kier alpha value is -2.01. The van der Waals surface area contributed by atoms with Gasteiger partial charge in [0.1, 0.15) is 23.3 Å². The molecule has 0 aliphatic carbocycles. The van der Waals surface area contributed by atoms with Crippen molar-refractivity contribution in [3.8, 4) is 0 Å². The number of thiazole rings is 1. The number of amides is 1. The van der Waals surface area contributed by atoms with Crippen LogP contribution in [0.1, 0.15) is 115 Å². The molecule has 2 aromatic rings. The summed E-state index contributed by atoms with van der Waals surface area (Å²) in [4.78, 5) is 11.7. The van der Waals surface area contributed by atoms with Crippen molar-refractivity contribution in [1.82, 2.24) is 5.32 Å². The van der Waals surface area contributed by atoms with E-state index in [1.54, 1.807) is 23.5 Å². The van der Waals surface area contributed by atoms with Crippen LogP contribution in [0.25, 0.3) is 0 Å². The molecule has 2 unspecified atom stereocenters. The number of unbranched alkanes of at least 4 members (excludes halogenated alkanes) is 12. The summed E-state index contributed by atoms with van der Waals surface area (Å²) in [5.74, 6) is 0.638. The minimum absolute atomic E-state index is 0.0769. The minimum Gasteiger partial charge on any atom is -0.744 e. The van der Waals surface area contributed by atoms with Crippen LogP contribution in [0, 0.1) is 12.8 Å². The second-order valence-electron chi connectivity index (χ2n) is 12.0. The van der Waals surface area contributed by atoms with Crippen LogP contribution in [0.2, 0.25) is 0 Å². The molecule has 8 nitrogen and oxygen atoms in total. The number of nitrogens with one attached hydrogen (secondary N) is 1. The molecule has 2 atom stereocenters. The average Bonchev–Trinajstić information content (AvgIpc) is 3.69. The second-order valence-corrected chi connectivity index (χ2v) is 14.1. The molecule has 0 radical (unpaired) electrons. The van der Waals surface area contributed by atoms with Crippen LogP contribution in [0.3, 0.4) is 0 Å². The van der Waals surface area contributed by atoms with E-state index in [1.807, 2.05) is 6.92 Å². The largest absolute Gasteiger partial charge is 0.744 e. The number of rotatable bonds is 21. The molecule has 1 aromatic carbocycles. The molecule has 0 bridgehead atoms. The third-order valence-electron chi connectivity index (χ3n) is 7.98. The number of hydrogen-bond donors (Lipinski definition) is 1. The van der Waals surface area contributed by atoms with Crippen molar-refractivity contribution in [3.05, 3.63) is 46.9 Å². The molecule has 44 heavy (non-hydrogen) atoms. The highest BCUT2D eigenvalue weighted by Gasteiger charge is 2.26. The molecule has 1 fully saturated rings. The zero-order valence-corrected chi connectivity index (χ0v) is 28.7. The van der Waals surface area contributed by atoms with Gasteiger partial charge >= 0.3 is 6.09 Å². The monoisotopic (exact) mass is 652 g/mol. The summed E-state index contributed by atoms with van der Waals surface area (Å²) >= 11 is 1.70. The number of carbonyl (C=O) groups is 1. The Balaban J connectivity index is 0.000000514. The Labute approximate surface area is 270 Å². The van der Waals surface area contributed by atoms with Gasteiger partial charge in [0.2, 0.25) is 5.51 Å². The van der Waals surface area contributed by atoms with Crippen LogP contribution in [-0.4, -0.2) is 44.9 Å². The topological polar surface area (TPSA) is 109 Å². The molecule has 0 spiro atoms. The summed E-state index contributed by atoms with van der Waals surface area (Å²) in [6.07, 6.45) is 22.9. The molecule has 3 rings (SSSR count). The fourth-order valence-corrected chi connectivity index (χ4v) is 6.39. The molecule has 2 heterocycles. The predicted octanol–water partition coefficient (Wildman–Crippen LogP) is 7.94. The van der Waals surface area contributed by atoms with Gasteiger partial charge < -0.3 is 19.3 Å². The number of alkyl carbamates (subject to hydrolysis) is 1. The third-order valence-corrected chi connectivity index (χ3v) is 9.50. The Kier molecular flexibility index (Phi) is 20.3. The van der Waals surface area contributed by atoms with E-state index < -0.39 is 10.1 Å². The number of aromatic nitrogens is 1. The predicted molar refractivity (Wildman–Crippen MR) is 176 cm³/mol. The summed E-state index contributed by atoms with van der Waals surface area (Å²) in [6, 6.07) is 5.78. The van der Waals surface area contributed by atoms with Gasteiger partial charge in [0.05, 0.1) is 23.0 Å². The average molecular weight is 653 g/mol. The molecule has 1 aliphatic rings. The van der Waals surface area contributed by atoms with Gasteiger partial charge in [-0.1, -0.05) is 113 Å². The molecule has 1 N–H and O–H groups in total. The molecule has 1 amide bonds. The maximum atomic E-state index is 11.9. The van der Waals surface area contributed by atoms with E-state index in [9.17, 15) is 17.8 Å². The fraction of sp³-hybridized carbons (Fsp3) is 0.706. The van der Waals surface area contributed by atoms with Gasteiger partial charge in [-0.2, -0.15) is 4.57 Å². The molecular weight excluding hydrogens is 597 g/mol. The number of aryl methyl sites for hydroxylation is 2. The maximum Gasteiger partial charge on any atom is 0.407 e. The number of nitrogens with zero attached hydrogens (tertiary/aromatic N) is 1. The molecule has 1 aliphatic heterocycles. The van der Waals surface area contributed by atoms with Crippen molar-refractivity contribution in [1.29, 1.82) is 0 Å². The molecule has 1 aromatic heterocycles. The number of ether oxygens (including phenoxy) is 2. The molecule has 0 saturated carbocycles. The molecule has 250 valence electrons. The smallest absolute Gasteiger partial charge is 0.407 e. The van der Waals surface area contributed by atoms with E-state index >= 15 is 0 Å². The Morgan fingerprint density at radius 3 is 2.20 bits per heavy atom. The highest BCUT2D eigenvalue weighted by atomic mass is 32.2. The fourth-order valence-electron chi connectivity index (χ4n) is 5.29. The lowest BCUT2D eigenvalue weighted by Crippen LogP contribution is -2.31. The van der Waals surface area contributed by atoms with Crippen molar-refractivity contribution in [3.63, 3.8) is 0 Å². The Morgan fingerprint density at radius 1 is 0.977 bits per heavy atom. The van der Waals surface area contributed by atoms with E-state index in [-0.39, 0.29) is 17.1 Å². The lowest BCUT2D eigenvalue weighted by atomic mass is 9.97. The van der Waals surface area contributed by atoms with E-state index in [2.05, 4.69) is 33.9 Å². The van der Waals surface area contributed by atoms with Gasteiger partial charge in [-0.25, -0.2) is 13.2 Å². The van der Waals surface area contributed by atoms with Crippen LogP contribution in [0.4, 0.5) is 4.79 Å². The van der Waals surface area contributed by atoms with E-state index in [0.29, 0.717) is 19.1 Å². The SMILES string of the molecule is CCCCCCCCCCCCCCC1COC(COC(=O)NCCCC[n+]2ccsc2)C1.Cc1ccc(S(=O)(=O)[O-])cc1. The van der Waals surface area contributed by atoms with Crippen LogP contribution in [0.15, 0.2) is 46.2 Å². The van der Waals surface area contributed by atoms with Crippen LogP contribution in [-0.2, 0) is 26.1 Å². The van der Waals surface area contributed by atoms with E-state index in [4.69, 9.17) is 9.47 Å². The van der Waals surface area contributed by atoms with Crippen molar-refractivity contribution >= 4 is 27.5 Å². The lowest BCUT2D eigenvalue weighted by Gasteiger charge is -2.11. The Morgan fingerprint density at radius 2 is 1.61 bits per heavy atom. The summed E-state index contributed by atoms with van der Waals surface area (Å²) in [5.41, 5.74) is 3.03. The van der Waals surface area contributed by atoms with Crippen molar-refractivity contribution < 1.29 is 31.8 Å². The Bertz CT molecular complexity index is 1090. The zero-order chi connectivity index (χ0) is 31.9. The van der Waals surface area contributed by atoms with Gasteiger partial charge in [-0.3, -0.25) is 0 Å². The molecule has 1 saturated heterocycles. The quantitative estimate of drug-likeness (QED) is 0.0833. The summed E-state index contributed by atoms with van der Waals surface area (Å²) in [7, 11) is -4.27. The van der Waals surface area contributed by atoms with Gasteiger partial charge in [0.15, 0.2) is 6.20 Å². The van der Waals surface area contributed by atoms with Gasteiger partial charge in [0.25, 0.3) is 0 Å². The van der Waals surface area contributed by atoms with Crippen molar-refractivity contribution in [2.75, 3.05) is 19.8 Å². The first kappa shape index (κ1) is 38.2. The first-order valence-electron chi connectivity index (χ1n) is 16.7. The van der Waals surface area contributed by atoms with Crippen LogP contribution < -0.4 is 9.88 Å². The highest BCUT2D eigenvalue weighted by molar-refractivity contribution is 7.85. The van der Waals surface area contributed by atoms with Crippen molar-refractivity contribution in [2.45, 2.75) is 134 Å². The molecular formula is C34H56N2O6S2. The second kappa shape index (κ2) is 23.3. The summed E-state index contributed by atoms with van der Waals surface area (Å²) < 4.78 is 44.6. The number of hydrogen-bond acceptors (Lipinski definition) is 7. The van der Waals surface area contributed by atoms with Gasteiger partial charge in [-0.05, 0) is 44.2 Å². The van der Waals surface area contributed by atoms with Gasteiger partial charge in [0, 0.05) is 13.0 Å². The first-order chi connectivity index (χ1) is 21.3. The zero-order valence-electron chi connectivity index (χ0n) is 27.1. The highest BCUT2D eigenvalue weighted by Crippen LogP contribution is 2.25. The standard InChI is InChI=1S/C27H48N2O3S.C7H8O3S/c1-2-3-4-5-6-7-8-9-10-11-12-13-16-25-21-26(31-22-25)23-32-27(30)28-17-14-15-18-29-19-20-33-24-29;1-6-2-4-7(5-3-6)11(8,9)10/h19-20,24-26H,2-18,21-23H2,1H3;2-5H,1H3,(H,8,9,10). The lowest BCUT2D eigenvalue weighted by molar-refractivity contribution is -0.692. The normalized spacial score (nSPS) is 16.3. The number of carbonyl (C=O) groups excluding carboxylic acids is 1. The summed E-state index contributed by atoms with van der Waals surface area (Å²) in [5, 5.41) is 4.93. The van der Waals surface area contributed by atoms with Gasteiger partial charge in [-0.15, -0.1) is 0 Å². The molecule has 10 heteroatoms. The first-order valence-corrected chi connectivity index (χ1v) is 19.1. The van der Waals surface area contributed by atoms with E-state index in [0.717, 1.165) is 38.0 Å².